The summed E-state index contributed by atoms with van der Waals surface area (Å²) in [4.78, 5) is 19.4. The molecule has 1 unspecified atom stereocenters. The zero-order chi connectivity index (χ0) is 16.9. The van der Waals surface area contributed by atoms with E-state index in [0.717, 1.165) is 30.9 Å². The van der Waals surface area contributed by atoms with Crippen LogP contribution in [-0.4, -0.2) is 46.7 Å². The van der Waals surface area contributed by atoms with Gasteiger partial charge in [0.2, 0.25) is 5.91 Å². The number of rotatable bonds is 2. The van der Waals surface area contributed by atoms with Crippen molar-refractivity contribution in [1.82, 2.24) is 14.5 Å². The Bertz CT molecular complexity index is 763. The molecule has 0 N–H and O–H groups in total. The van der Waals surface area contributed by atoms with Gasteiger partial charge in [-0.05, 0) is 18.6 Å². The lowest BCUT2D eigenvalue weighted by Gasteiger charge is -2.42. The average molecular weight is 327 g/mol. The summed E-state index contributed by atoms with van der Waals surface area (Å²) >= 11 is 0. The number of ether oxygens (including phenoxy) is 1. The molecule has 3 heterocycles. The van der Waals surface area contributed by atoms with Crippen LogP contribution in [-0.2, 0) is 14.9 Å². The van der Waals surface area contributed by atoms with Gasteiger partial charge in [0.05, 0.1) is 29.6 Å². The SMILES string of the molecule is CC(C)(C)c1nc2ccccc2n1C1CN(C(=O)C2CCOC2)C1. The summed E-state index contributed by atoms with van der Waals surface area (Å²) in [6, 6.07) is 8.61. The second-order valence-electron chi connectivity index (χ2n) is 8.00. The van der Waals surface area contributed by atoms with Crippen LogP contribution in [0.5, 0.6) is 0 Å². The van der Waals surface area contributed by atoms with Crippen LogP contribution in [0.2, 0.25) is 0 Å². The lowest BCUT2D eigenvalue weighted by molar-refractivity contribution is -0.141. The third kappa shape index (κ3) is 2.51. The minimum atomic E-state index is -0.0251. The van der Waals surface area contributed by atoms with Crippen LogP contribution in [0.3, 0.4) is 0 Å². The van der Waals surface area contributed by atoms with Crippen molar-refractivity contribution >= 4 is 16.9 Å². The van der Waals surface area contributed by atoms with E-state index in [2.05, 4.69) is 43.5 Å². The molecule has 1 atom stereocenters. The Labute approximate surface area is 142 Å². The van der Waals surface area contributed by atoms with Crippen molar-refractivity contribution in [3.05, 3.63) is 30.1 Å². The Hall–Kier alpha value is -1.88. The maximum atomic E-state index is 12.5. The summed E-state index contributed by atoms with van der Waals surface area (Å²) in [7, 11) is 0. The minimum Gasteiger partial charge on any atom is -0.381 e. The Morgan fingerprint density at radius 1 is 1.25 bits per heavy atom. The number of benzene rings is 1. The van der Waals surface area contributed by atoms with E-state index in [-0.39, 0.29) is 17.2 Å². The van der Waals surface area contributed by atoms with Gasteiger partial charge in [-0.2, -0.15) is 0 Å². The van der Waals surface area contributed by atoms with Crippen molar-refractivity contribution in [3.63, 3.8) is 0 Å². The van der Waals surface area contributed by atoms with E-state index in [4.69, 9.17) is 9.72 Å². The molecule has 128 valence electrons. The number of para-hydroxylation sites is 2. The van der Waals surface area contributed by atoms with Gasteiger partial charge in [0.1, 0.15) is 5.82 Å². The zero-order valence-corrected chi connectivity index (χ0v) is 14.7. The minimum absolute atomic E-state index is 0.0251. The number of likely N-dealkylation sites (tertiary alicyclic amines) is 1. The molecule has 4 rings (SSSR count). The van der Waals surface area contributed by atoms with Gasteiger partial charge < -0.3 is 14.2 Å². The number of aromatic nitrogens is 2. The standard InChI is InChI=1S/C19H25N3O2/c1-19(2,3)18-20-15-6-4-5-7-16(15)22(18)14-10-21(11-14)17(23)13-8-9-24-12-13/h4-7,13-14H,8-12H2,1-3H3. The van der Waals surface area contributed by atoms with Gasteiger partial charge in [-0.25, -0.2) is 4.98 Å². The van der Waals surface area contributed by atoms with E-state index in [0.29, 0.717) is 19.3 Å². The fourth-order valence-electron chi connectivity index (χ4n) is 3.73. The summed E-state index contributed by atoms with van der Waals surface area (Å²) in [5, 5.41) is 0. The maximum Gasteiger partial charge on any atom is 0.228 e. The highest BCUT2D eigenvalue weighted by molar-refractivity contribution is 5.81. The van der Waals surface area contributed by atoms with Crippen molar-refractivity contribution in [3.8, 4) is 0 Å². The molecule has 0 spiro atoms. The lowest BCUT2D eigenvalue weighted by Crippen LogP contribution is -2.53. The molecular weight excluding hydrogens is 302 g/mol. The van der Waals surface area contributed by atoms with Crippen molar-refractivity contribution in [2.75, 3.05) is 26.3 Å². The van der Waals surface area contributed by atoms with Gasteiger partial charge in [0.15, 0.2) is 0 Å². The van der Waals surface area contributed by atoms with Gasteiger partial charge in [0.25, 0.3) is 0 Å². The number of amides is 1. The molecule has 0 radical (unpaired) electrons. The number of hydrogen-bond donors (Lipinski definition) is 0. The molecule has 1 aromatic carbocycles. The Kier molecular flexibility index (Phi) is 3.64. The van der Waals surface area contributed by atoms with Gasteiger partial charge in [0, 0.05) is 25.1 Å². The second kappa shape index (κ2) is 5.59. The highest BCUT2D eigenvalue weighted by atomic mass is 16.5. The Morgan fingerprint density at radius 3 is 2.67 bits per heavy atom. The van der Waals surface area contributed by atoms with Crippen LogP contribution in [0, 0.1) is 5.92 Å². The molecule has 2 aliphatic heterocycles. The molecule has 1 aromatic heterocycles. The van der Waals surface area contributed by atoms with E-state index in [1.807, 2.05) is 11.0 Å². The first-order valence-corrected chi connectivity index (χ1v) is 8.79. The Balaban J connectivity index is 1.60. The zero-order valence-electron chi connectivity index (χ0n) is 14.7. The largest absolute Gasteiger partial charge is 0.381 e. The van der Waals surface area contributed by atoms with Crippen molar-refractivity contribution in [1.29, 1.82) is 0 Å². The highest BCUT2D eigenvalue weighted by Crippen LogP contribution is 2.34. The number of carbonyl (C=O) groups excluding carboxylic acids is 1. The smallest absolute Gasteiger partial charge is 0.228 e. The van der Waals surface area contributed by atoms with Crippen molar-refractivity contribution in [2.45, 2.75) is 38.6 Å². The topological polar surface area (TPSA) is 47.4 Å². The van der Waals surface area contributed by atoms with Crippen molar-refractivity contribution in [2.24, 2.45) is 5.92 Å². The predicted molar refractivity (Wildman–Crippen MR) is 93.0 cm³/mol. The van der Waals surface area contributed by atoms with Crippen LogP contribution in [0.15, 0.2) is 24.3 Å². The average Bonchev–Trinajstić information content (AvgIpc) is 3.12. The molecule has 2 aromatic rings. The molecule has 1 amide bonds. The molecule has 2 saturated heterocycles. The first-order valence-electron chi connectivity index (χ1n) is 8.79. The van der Waals surface area contributed by atoms with Gasteiger partial charge in [-0.3, -0.25) is 4.79 Å². The number of fused-ring (bicyclic) bond motifs is 1. The van der Waals surface area contributed by atoms with Gasteiger partial charge in [-0.15, -0.1) is 0 Å². The third-order valence-electron chi connectivity index (χ3n) is 5.08. The summed E-state index contributed by atoms with van der Waals surface area (Å²) < 4.78 is 7.71. The van der Waals surface area contributed by atoms with E-state index < -0.39 is 0 Å². The number of imidazole rings is 1. The molecule has 2 aliphatic rings. The molecule has 24 heavy (non-hydrogen) atoms. The molecular formula is C19H25N3O2. The van der Waals surface area contributed by atoms with Gasteiger partial charge >= 0.3 is 0 Å². The van der Waals surface area contributed by atoms with E-state index in [1.165, 1.54) is 5.52 Å². The quantitative estimate of drug-likeness (QED) is 0.852. The van der Waals surface area contributed by atoms with E-state index in [1.54, 1.807) is 0 Å². The van der Waals surface area contributed by atoms with Crippen LogP contribution in [0.4, 0.5) is 0 Å². The Morgan fingerprint density at radius 2 is 2.00 bits per heavy atom. The third-order valence-corrected chi connectivity index (χ3v) is 5.08. The van der Waals surface area contributed by atoms with Crippen molar-refractivity contribution < 1.29 is 9.53 Å². The second-order valence-corrected chi connectivity index (χ2v) is 8.00. The molecule has 5 heteroatoms. The fraction of sp³-hybridized carbons (Fsp3) is 0.579. The number of carbonyl (C=O) groups is 1. The van der Waals surface area contributed by atoms with Crippen LogP contribution >= 0.6 is 0 Å². The maximum absolute atomic E-state index is 12.5. The van der Waals surface area contributed by atoms with Crippen LogP contribution < -0.4 is 0 Å². The van der Waals surface area contributed by atoms with E-state index in [9.17, 15) is 4.79 Å². The van der Waals surface area contributed by atoms with Crippen LogP contribution in [0.1, 0.15) is 39.1 Å². The van der Waals surface area contributed by atoms with E-state index >= 15 is 0 Å². The first kappa shape index (κ1) is 15.6. The summed E-state index contributed by atoms with van der Waals surface area (Å²) in [5.41, 5.74) is 2.18. The number of nitrogens with zero attached hydrogens (tertiary/aromatic N) is 3. The first-order chi connectivity index (χ1) is 11.4. The normalized spacial score (nSPS) is 22.1. The fourth-order valence-corrected chi connectivity index (χ4v) is 3.73. The van der Waals surface area contributed by atoms with Crippen LogP contribution in [0.25, 0.3) is 11.0 Å². The predicted octanol–water partition coefficient (Wildman–Crippen LogP) is 2.75. The number of hydrogen-bond acceptors (Lipinski definition) is 3. The monoisotopic (exact) mass is 327 g/mol. The summed E-state index contributed by atoms with van der Waals surface area (Å²) in [6.07, 6.45) is 0.862. The summed E-state index contributed by atoms with van der Waals surface area (Å²) in [6.45, 7) is 9.44. The van der Waals surface area contributed by atoms with Gasteiger partial charge in [-0.1, -0.05) is 32.9 Å². The lowest BCUT2D eigenvalue weighted by atomic mass is 9.94. The highest BCUT2D eigenvalue weighted by Gasteiger charge is 2.39. The summed E-state index contributed by atoms with van der Waals surface area (Å²) in [5.74, 6) is 1.42. The molecule has 5 nitrogen and oxygen atoms in total. The molecule has 0 saturated carbocycles. The molecule has 2 fully saturated rings. The molecule has 0 aliphatic carbocycles. The molecule has 0 bridgehead atoms.